The fourth-order valence-corrected chi connectivity index (χ4v) is 3.65. The quantitative estimate of drug-likeness (QED) is 0.547. The van der Waals surface area contributed by atoms with Crippen LogP contribution in [-0.4, -0.2) is 64.1 Å². The normalized spacial score (nSPS) is 14.4. The zero-order valence-corrected chi connectivity index (χ0v) is 18.0. The molecule has 1 aliphatic heterocycles. The first kappa shape index (κ1) is 20.5. The summed E-state index contributed by atoms with van der Waals surface area (Å²) in [7, 11) is 0. The van der Waals surface area contributed by atoms with E-state index in [2.05, 4.69) is 27.4 Å². The van der Waals surface area contributed by atoms with E-state index in [1.165, 1.54) is 0 Å². The summed E-state index contributed by atoms with van der Waals surface area (Å²) in [6, 6.07) is 3.97. The molecule has 0 bridgehead atoms. The van der Waals surface area contributed by atoms with Gasteiger partial charge >= 0.3 is 0 Å². The summed E-state index contributed by atoms with van der Waals surface area (Å²) >= 11 is 0. The number of ether oxygens (including phenoxy) is 1. The van der Waals surface area contributed by atoms with E-state index in [0.717, 1.165) is 72.5 Å². The van der Waals surface area contributed by atoms with Crippen LogP contribution in [0.15, 0.2) is 18.3 Å². The summed E-state index contributed by atoms with van der Waals surface area (Å²) in [6.07, 6.45) is 2.59. The predicted molar refractivity (Wildman–Crippen MR) is 119 cm³/mol. The summed E-state index contributed by atoms with van der Waals surface area (Å²) in [6.45, 7) is 11.7. The van der Waals surface area contributed by atoms with E-state index in [1.807, 2.05) is 30.7 Å². The Kier molecular flexibility index (Phi) is 6.39. The molecule has 3 aromatic heterocycles. The summed E-state index contributed by atoms with van der Waals surface area (Å²) in [5.41, 5.74) is 3.83. The Hall–Kier alpha value is -2.78. The van der Waals surface area contributed by atoms with Gasteiger partial charge in [0.05, 0.1) is 18.8 Å². The van der Waals surface area contributed by atoms with Gasteiger partial charge in [-0.3, -0.25) is 4.68 Å². The second kappa shape index (κ2) is 9.36. The van der Waals surface area contributed by atoms with Crippen LogP contribution in [-0.2, 0) is 17.7 Å². The number of nitrogens with zero attached hydrogens (tertiary/aromatic N) is 6. The molecule has 0 aromatic carbocycles. The average molecular weight is 411 g/mol. The van der Waals surface area contributed by atoms with Crippen molar-refractivity contribution in [1.29, 1.82) is 0 Å². The molecular formula is C21H30N8O. The van der Waals surface area contributed by atoms with Crippen LogP contribution >= 0.6 is 0 Å². The second-order valence-corrected chi connectivity index (χ2v) is 7.32. The van der Waals surface area contributed by atoms with Gasteiger partial charge in [0.15, 0.2) is 5.82 Å². The second-order valence-electron chi connectivity index (χ2n) is 7.32. The van der Waals surface area contributed by atoms with E-state index in [0.29, 0.717) is 19.8 Å². The first-order valence-electron chi connectivity index (χ1n) is 10.7. The molecule has 0 atom stereocenters. The van der Waals surface area contributed by atoms with Crippen molar-refractivity contribution in [3.8, 4) is 0 Å². The molecule has 4 rings (SSSR count). The third-order valence-corrected chi connectivity index (χ3v) is 5.28. The number of rotatable bonds is 8. The summed E-state index contributed by atoms with van der Waals surface area (Å²) in [4.78, 5) is 16.6. The molecule has 160 valence electrons. The SMILES string of the molecule is CCOCCn1nc(CC)c2nc(N3CCNCC3)nc(Nc3ncccc3C)c21. The molecular weight excluding hydrogens is 380 g/mol. The molecule has 3 aromatic rings. The van der Waals surface area contributed by atoms with Crippen LogP contribution in [0.25, 0.3) is 11.0 Å². The third-order valence-electron chi connectivity index (χ3n) is 5.28. The summed E-state index contributed by atoms with van der Waals surface area (Å²) < 4.78 is 7.54. The van der Waals surface area contributed by atoms with E-state index in [1.54, 1.807) is 6.20 Å². The monoisotopic (exact) mass is 410 g/mol. The van der Waals surface area contributed by atoms with Crippen molar-refractivity contribution in [3.63, 3.8) is 0 Å². The van der Waals surface area contributed by atoms with Crippen molar-refractivity contribution >= 4 is 28.6 Å². The number of aryl methyl sites for hydroxylation is 2. The smallest absolute Gasteiger partial charge is 0.228 e. The number of nitrogens with one attached hydrogen (secondary N) is 2. The molecule has 0 saturated carbocycles. The molecule has 0 unspecified atom stereocenters. The molecule has 9 nitrogen and oxygen atoms in total. The van der Waals surface area contributed by atoms with E-state index in [4.69, 9.17) is 19.8 Å². The Bertz CT molecular complexity index is 996. The van der Waals surface area contributed by atoms with E-state index in [9.17, 15) is 0 Å². The maximum absolute atomic E-state index is 5.58. The van der Waals surface area contributed by atoms with Crippen LogP contribution in [0.5, 0.6) is 0 Å². The van der Waals surface area contributed by atoms with Crippen molar-refractivity contribution in [2.75, 3.05) is 49.6 Å². The van der Waals surface area contributed by atoms with Gasteiger partial charge in [-0.15, -0.1) is 0 Å². The van der Waals surface area contributed by atoms with E-state index in [-0.39, 0.29) is 0 Å². The molecule has 4 heterocycles. The molecule has 1 saturated heterocycles. The third kappa shape index (κ3) is 4.22. The number of hydrogen-bond acceptors (Lipinski definition) is 8. The zero-order chi connectivity index (χ0) is 20.9. The summed E-state index contributed by atoms with van der Waals surface area (Å²) in [5, 5.41) is 11.7. The molecule has 1 fully saturated rings. The number of fused-ring (bicyclic) bond motifs is 1. The minimum atomic E-state index is 0.595. The Labute approximate surface area is 176 Å². The van der Waals surface area contributed by atoms with Crippen LogP contribution in [0.4, 0.5) is 17.6 Å². The van der Waals surface area contributed by atoms with Crippen LogP contribution in [0.1, 0.15) is 25.1 Å². The molecule has 0 radical (unpaired) electrons. The number of anilines is 3. The first-order valence-corrected chi connectivity index (χ1v) is 10.7. The highest BCUT2D eigenvalue weighted by Gasteiger charge is 2.22. The van der Waals surface area contributed by atoms with Crippen LogP contribution in [0.2, 0.25) is 0 Å². The number of aromatic nitrogens is 5. The average Bonchev–Trinajstić information content (AvgIpc) is 3.14. The molecule has 2 N–H and O–H groups in total. The maximum atomic E-state index is 5.58. The Morgan fingerprint density at radius 1 is 1.17 bits per heavy atom. The fraction of sp³-hybridized carbons (Fsp3) is 0.524. The molecule has 1 aliphatic rings. The Balaban J connectivity index is 1.83. The van der Waals surface area contributed by atoms with Crippen molar-refractivity contribution < 1.29 is 4.74 Å². The largest absolute Gasteiger partial charge is 0.380 e. The van der Waals surface area contributed by atoms with Crippen LogP contribution in [0.3, 0.4) is 0 Å². The fourth-order valence-electron chi connectivity index (χ4n) is 3.65. The molecule has 30 heavy (non-hydrogen) atoms. The highest BCUT2D eigenvalue weighted by atomic mass is 16.5. The first-order chi connectivity index (χ1) is 14.7. The molecule has 0 aliphatic carbocycles. The Morgan fingerprint density at radius 3 is 2.73 bits per heavy atom. The van der Waals surface area contributed by atoms with Crippen molar-refractivity contribution in [2.45, 2.75) is 33.7 Å². The van der Waals surface area contributed by atoms with E-state index < -0.39 is 0 Å². The highest BCUT2D eigenvalue weighted by Crippen LogP contribution is 2.29. The minimum absolute atomic E-state index is 0.595. The van der Waals surface area contributed by atoms with Crippen LogP contribution < -0.4 is 15.5 Å². The standard InChI is InChI=1S/C21H30N8O/c1-4-16-17-18(29(27-16)13-14-30-5-2)20(25-19-15(3)7-6-8-23-19)26-21(24-17)28-11-9-22-10-12-28/h6-8,22H,4-5,9-14H2,1-3H3,(H,23,24,25,26). The van der Waals surface area contributed by atoms with Crippen molar-refractivity contribution in [2.24, 2.45) is 0 Å². The van der Waals surface area contributed by atoms with Gasteiger partial charge in [0.1, 0.15) is 16.9 Å². The minimum Gasteiger partial charge on any atom is -0.380 e. The molecule has 0 spiro atoms. The molecule has 0 amide bonds. The lowest BCUT2D eigenvalue weighted by Gasteiger charge is -2.27. The maximum Gasteiger partial charge on any atom is 0.228 e. The number of hydrogen-bond donors (Lipinski definition) is 2. The predicted octanol–water partition coefficient (Wildman–Crippen LogP) is 2.28. The van der Waals surface area contributed by atoms with Gasteiger partial charge in [-0.05, 0) is 31.9 Å². The van der Waals surface area contributed by atoms with Gasteiger partial charge in [-0.1, -0.05) is 13.0 Å². The number of piperazine rings is 1. The topological polar surface area (TPSA) is 93.0 Å². The van der Waals surface area contributed by atoms with Gasteiger partial charge in [0, 0.05) is 39.0 Å². The van der Waals surface area contributed by atoms with Gasteiger partial charge in [0.2, 0.25) is 5.95 Å². The van der Waals surface area contributed by atoms with Crippen LogP contribution in [0, 0.1) is 6.92 Å². The lowest BCUT2D eigenvalue weighted by atomic mass is 10.2. The van der Waals surface area contributed by atoms with Crippen molar-refractivity contribution in [1.82, 2.24) is 30.0 Å². The summed E-state index contributed by atoms with van der Waals surface area (Å²) in [5.74, 6) is 2.26. The lowest BCUT2D eigenvalue weighted by Crippen LogP contribution is -2.44. The zero-order valence-electron chi connectivity index (χ0n) is 18.0. The van der Waals surface area contributed by atoms with Gasteiger partial charge in [-0.25, -0.2) is 9.97 Å². The molecule has 9 heteroatoms. The van der Waals surface area contributed by atoms with Gasteiger partial charge < -0.3 is 20.3 Å². The Morgan fingerprint density at radius 2 is 2.00 bits per heavy atom. The lowest BCUT2D eigenvalue weighted by molar-refractivity contribution is 0.137. The van der Waals surface area contributed by atoms with E-state index >= 15 is 0 Å². The highest BCUT2D eigenvalue weighted by molar-refractivity contribution is 5.90. The number of pyridine rings is 1. The van der Waals surface area contributed by atoms with Gasteiger partial charge in [0.25, 0.3) is 0 Å². The van der Waals surface area contributed by atoms with Gasteiger partial charge in [-0.2, -0.15) is 10.1 Å². The van der Waals surface area contributed by atoms with Crippen molar-refractivity contribution in [3.05, 3.63) is 29.6 Å².